The van der Waals surface area contributed by atoms with Crippen LogP contribution in [0.5, 0.6) is 0 Å². The van der Waals surface area contributed by atoms with Crippen LogP contribution in [-0.4, -0.2) is 33.6 Å². The van der Waals surface area contributed by atoms with Crippen molar-refractivity contribution in [2.24, 2.45) is 5.73 Å². The molecule has 3 amide bonds. The number of benzene rings is 2. The van der Waals surface area contributed by atoms with E-state index >= 15 is 0 Å². The summed E-state index contributed by atoms with van der Waals surface area (Å²) in [6.45, 7) is 1.33. The number of nitrogens with zero attached hydrogens (tertiary/aromatic N) is 2. The molecule has 3 rings (SSSR count). The van der Waals surface area contributed by atoms with Gasteiger partial charge in [-0.2, -0.15) is 0 Å². The highest BCUT2D eigenvalue weighted by atomic mass is 16.6. The molecular weight excluding hydrogens is 302 g/mol. The predicted octanol–water partition coefficient (Wildman–Crippen LogP) is 1.22. The van der Waals surface area contributed by atoms with Crippen molar-refractivity contribution < 1.29 is 19.3 Å². The highest BCUT2D eigenvalue weighted by molar-refractivity contribution is 6.26. The van der Waals surface area contributed by atoms with E-state index in [-0.39, 0.29) is 16.8 Å². The number of rotatable bonds is 3. The first-order valence-corrected chi connectivity index (χ1v) is 6.71. The van der Waals surface area contributed by atoms with E-state index < -0.39 is 28.7 Å². The van der Waals surface area contributed by atoms with Crippen molar-refractivity contribution in [2.45, 2.75) is 13.0 Å². The topological polar surface area (TPSA) is 124 Å². The van der Waals surface area contributed by atoms with Crippen LogP contribution in [0.1, 0.15) is 27.6 Å². The van der Waals surface area contributed by atoms with Crippen LogP contribution in [0.4, 0.5) is 5.69 Å². The zero-order chi connectivity index (χ0) is 16.9. The number of non-ortho nitro benzene ring substituents is 1. The van der Waals surface area contributed by atoms with Crippen molar-refractivity contribution in [1.29, 1.82) is 0 Å². The van der Waals surface area contributed by atoms with Crippen molar-refractivity contribution >= 4 is 34.2 Å². The van der Waals surface area contributed by atoms with Gasteiger partial charge in [0.15, 0.2) is 0 Å². The van der Waals surface area contributed by atoms with Gasteiger partial charge in [-0.25, -0.2) is 0 Å². The molecule has 0 aromatic heterocycles. The second kappa shape index (κ2) is 4.87. The lowest BCUT2D eigenvalue weighted by Crippen LogP contribution is -2.51. The molecule has 1 aliphatic rings. The molecule has 0 bridgehead atoms. The van der Waals surface area contributed by atoms with E-state index in [1.165, 1.54) is 19.1 Å². The Morgan fingerprint density at radius 2 is 1.87 bits per heavy atom. The fraction of sp³-hybridized carbons (Fsp3) is 0.133. The maximum absolute atomic E-state index is 12.6. The van der Waals surface area contributed by atoms with Gasteiger partial charge in [-0.05, 0) is 18.4 Å². The largest absolute Gasteiger partial charge is 0.368 e. The molecule has 0 spiro atoms. The number of carbonyl (C=O) groups excluding carboxylic acids is 3. The van der Waals surface area contributed by atoms with Gasteiger partial charge in [0.25, 0.3) is 17.5 Å². The third-order valence-corrected chi connectivity index (χ3v) is 3.87. The Balaban J connectivity index is 2.33. The Morgan fingerprint density at radius 1 is 1.22 bits per heavy atom. The second-order valence-corrected chi connectivity index (χ2v) is 5.21. The van der Waals surface area contributed by atoms with Crippen LogP contribution >= 0.6 is 0 Å². The third kappa shape index (κ3) is 2.03. The molecule has 1 aliphatic heterocycles. The lowest BCUT2D eigenvalue weighted by atomic mass is 9.92. The first-order valence-electron chi connectivity index (χ1n) is 6.71. The number of nitrogens with two attached hydrogens (primary N) is 1. The van der Waals surface area contributed by atoms with Crippen molar-refractivity contribution in [3.05, 3.63) is 51.6 Å². The Kier molecular flexibility index (Phi) is 3.10. The van der Waals surface area contributed by atoms with Crippen LogP contribution in [0.2, 0.25) is 0 Å². The van der Waals surface area contributed by atoms with Gasteiger partial charge in [0.1, 0.15) is 6.04 Å². The predicted molar refractivity (Wildman–Crippen MR) is 79.8 cm³/mol. The number of nitro benzene ring substituents is 1. The zero-order valence-electron chi connectivity index (χ0n) is 12.0. The number of carbonyl (C=O) groups is 3. The normalized spacial score (nSPS) is 14.9. The molecular formula is C15H11N3O5. The Morgan fingerprint density at radius 3 is 2.48 bits per heavy atom. The molecule has 1 unspecified atom stereocenters. The summed E-state index contributed by atoms with van der Waals surface area (Å²) in [4.78, 5) is 47.7. The van der Waals surface area contributed by atoms with Gasteiger partial charge >= 0.3 is 0 Å². The lowest BCUT2D eigenvalue weighted by molar-refractivity contribution is -0.384. The van der Waals surface area contributed by atoms with E-state index in [1.807, 2.05) is 0 Å². The van der Waals surface area contributed by atoms with Crippen molar-refractivity contribution in [2.75, 3.05) is 0 Å². The summed E-state index contributed by atoms with van der Waals surface area (Å²) in [5, 5.41) is 11.8. The lowest BCUT2D eigenvalue weighted by Gasteiger charge is -2.30. The van der Waals surface area contributed by atoms with Crippen molar-refractivity contribution in [3.8, 4) is 0 Å². The summed E-state index contributed by atoms with van der Waals surface area (Å²) in [5.41, 5.74) is 5.15. The number of imide groups is 1. The average molecular weight is 313 g/mol. The fourth-order valence-corrected chi connectivity index (χ4v) is 2.70. The first kappa shape index (κ1) is 14.6. The van der Waals surface area contributed by atoms with E-state index in [2.05, 4.69) is 0 Å². The zero-order valence-corrected chi connectivity index (χ0v) is 12.0. The molecule has 8 heteroatoms. The molecule has 0 fully saturated rings. The van der Waals surface area contributed by atoms with Crippen molar-refractivity contribution in [1.82, 2.24) is 4.90 Å². The molecule has 116 valence electrons. The maximum Gasteiger partial charge on any atom is 0.270 e. The van der Waals surface area contributed by atoms with Crippen LogP contribution in [0.15, 0.2) is 30.3 Å². The maximum atomic E-state index is 12.6. The van der Waals surface area contributed by atoms with E-state index in [4.69, 9.17) is 5.73 Å². The highest BCUT2D eigenvalue weighted by Gasteiger charge is 2.38. The molecule has 2 N–H and O–H groups in total. The van der Waals surface area contributed by atoms with Gasteiger partial charge in [0, 0.05) is 23.1 Å². The summed E-state index contributed by atoms with van der Waals surface area (Å²) in [6, 6.07) is 5.91. The number of primary amides is 1. The minimum atomic E-state index is -1.15. The van der Waals surface area contributed by atoms with Crippen LogP contribution in [-0.2, 0) is 4.79 Å². The van der Waals surface area contributed by atoms with Crippen molar-refractivity contribution in [3.63, 3.8) is 0 Å². The van der Waals surface area contributed by atoms with Crippen LogP contribution in [0.3, 0.4) is 0 Å². The Hall–Kier alpha value is -3.29. The summed E-state index contributed by atoms with van der Waals surface area (Å²) >= 11 is 0. The third-order valence-electron chi connectivity index (χ3n) is 3.87. The summed E-state index contributed by atoms with van der Waals surface area (Å²) in [7, 11) is 0. The minimum Gasteiger partial charge on any atom is -0.368 e. The molecule has 1 atom stereocenters. The fourth-order valence-electron chi connectivity index (χ4n) is 2.70. The van der Waals surface area contributed by atoms with Gasteiger partial charge in [0.2, 0.25) is 5.91 Å². The molecule has 2 aromatic rings. The molecule has 2 aromatic carbocycles. The van der Waals surface area contributed by atoms with E-state index in [0.29, 0.717) is 10.8 Å². The SMILES string of the molecule is CC(C(N)=O)N1C(=O)c2cccc3cc([N+](=O)[O-])cc(c23)C1=O. The summed E-state index contributed by atoms with van der Waals surface area (Å²) in [5.74, 6) is -2.25. The molecule has 23 heavy (non-hydrogen) atoms. The average Bonchev–Trinajstić information content (AvgIpc) is 2.51. The number of nitro groups is 1. The molecule has 1 heterocycles. The smallest absolute Gasteiger partial charge is 0.270 e. The molecule has 0 aliphatic carbocycles. The number of hydrogen-bond donors (Lipinski definition) is 1. The highest BCUT2D eigenvalue weighted by Crippen LogP contribution is 2.34. The number of amides is 3. The minimum absolute atomic E-state index is 0.0116. The standard InChI is InChI=1S/C15H11N3O5/c1-7(13(16)19)17-14(20)10-4-2-3-8-5-9(18(22)23)6-11(12(8)10)15(17)21/h2-7H,1H3,(H2,16,19). The molecule has 0 radical (unpaired) electrons. The summed E-state index contributed by atoms with van der Waals surface area (Å²) in [6.07, 6.45) is 0. The van der Waals surface area contributed by atoms with Crippen LogP contribution in [0.25, 0.3) is 10.8 Å². The van der Waals surface area contributed by atoms with E-state index in [9.17, 15) is 24.5 Å². The van der Waals surface area contributed by atoms with Gasteiger partial charge in [0.05, 0.1) is 10.5 Å². The van der Waals surface area contributed by atoms with Gasteiger partial charge < -0.3 is 5.73 Å². The monoisotopic (exact) mass is 313 g/mol. The Bertz CT molecular complexity index is 905. The molecule has 0 saturated heterocycles. The molecule has 8 nitrogen and oxygen atoms in total. The van der Waals surface area contributed by atoms with Gasteiger partial charge in [-0.1, -0.05) is 12.1 Å². The van der Waals surface area contributed by atoms with Gasteiger partial charge in [-0.15, -0.1) is 0 Å². The first-order chi connectivity index (χ1) is 10.8. The second-order valence-electron chi connectivity index (χ2n) is 5.21. The van der Waals surface area contributed by atoms with Gasteiger partial charge in [-0.3, -0.25) is 29.4 Å². The summed E-state index contributed by atoms with van der Waals surface area (Å²) < 4.78 is 0. The van der Waals surface area contributed by atoms with E-state index in [1.54, 1.807) is 12.1 Å². The van der Waals surface area contributed by atoms with E-state index in [0.717, 1.165) is 11.0 Å². The number of hydrogen-bond acceptors (Lipinski definition) is 5. The van der Waals surface area contributed by atoms with Crippen LogP contribution in [0, 0.1) is 10.1 Å². The molecule has 0 saturated carbocycles. The quantitative estimate of drug-likeness (QED) is 0.518. The van der Waals surface area contributed by atoms with Crippen LogP contribution < -0.4 is 5.73 Å². The Labute approximate surface area is 129 Å².